The van der Waals surface area contributed by atoms with Crippen LogP contribution in [0.5, 0.6) is 0 Å². The number of hydrogen-bond donors (Lipinski definition) is 4. The van der Waals surface area contributed by atoms with Crippen molar-refractivity contribution in [2.24, 2.45) is 24.4 Å². The molecule has 2 aliphatic carbocycles. The largest absolute Gasteiger partial charge is 0.402 e. The van der Waals surface area contributed by atoms with E-state index in [4.69, 9.17) is 23.1 Å². The maximum Gasteiger partial charge on any atom is 0.274 e. The van der Waals surface area contributed by atoms with Crippen LogP contribution < -0.4 is 27.7 Å². The van der Waals surface area contributed by atoms with Gasteiger partial charge in [-0.3, -0.25) is 9.59 Å². The van der Waals surface area contributed by atoms with Crippen molar-refractivity contribution in [2.45, 2.75) is 50.9 Å². The summed E-state index contributed by atoms with van der Waals surface area (Å²) in [7, 11) is 3.80. The zero-order valence-corrected chi connectivity index (χ0v) is 26.4. The van der Waals surface area contributed by atoms with Crippen LogP contribution in [0.3, 0.4) is 0 Å². The van der Waals surface area contributed by atoms with E-state index >= 15 is 0 Å². The molecule has 8 nitrogen and oxygen atoms in total. The number of halogens is 1. The zero-order chi connectivity index (χ0) is 30.4. The molecule has 10 heteroatoms. The quantitative estimate of drug-likeness (QED) is 0.238. The minimum absolute atomic E-state index is 0.144. The number of carbonyl (C=O) groups excluding carboxylic acids is 1. The summed E-state index contributed by atoms with van der Waals surface area (Å²) in [6.07, 6.45) is 11.0. The van der Waals surface area contributed by atoms with Gasteiger partial charge in [0.25, 0.3) is 11.5 Å². The Morgan fingerprint density at radius 1 is 1.05 bits per heavy atom. The summed E-state index contributed by atoms with van der Waals surface area (Å²) < 4.78 is 1.49. The van der Waals surface area contributed by atoms with E-state index < -0.39 is 0 Å². The Bertz CT molecular complexity index is 1670. The van der Waals surface area contributed by atoms with Gasteiger partial charge in [-0.15, -0.1) is 11.3 Å². The molecule has 0 spiro atoms. The summed E-state index contributed by atoms with van der Waals surface area (Å²) in [4.78, 5) is 30.8. The number of aryl methyl sites for hydroxylation is 2. The highest BCUT2D eigenvalue weighted by atomic mass is 35.5. The van der Waals surface area contributed by atoms with E-state index in [2.05, 4.69) is 28.6 Å². The molecule has 2 unspecified atom stereocenters. The smallest absolute Gasteiger partial charge is 0.274 e. The maximum absolute atomic E-state index is 13.4. The molecule has 3 aromatic rings. The molecule has 3 heterocycles. The van der Waals surface area contributed by atoms with Crippen LogP contribution in [-0.4, -0.2) is 35.5 Å². The van der Waals surface area contributed by atoms with Gasteiger partial charge in [-0.05, 0) is 106 Å². The molecule has 1 amide bonds. The van der Waals surface area contributed by atoms with Gasteiger partial charge in [0.05, 0.1) is 15.6 Å². The number of piperidine rings is 1. The van der Waals surface area contributed by atoms with E-state index in [1.807, 2.05) is 25.1 Å². The lowest BCUT2D eigenvalue weighted by atomic mass is 9.94. The lowest BCUT2D eigenvalue weighted by Crippen LogP contribution is -2.32. The first-order chi connectivity index (χ1) is 20.6. The molecule has 0 radical (unpaired) electrons. The Morgan fingerprint density at radius 2 is 1.79 bits per heavy atom. The van der Waals surface area contributed by atoms with Gasteiger partial charge < -0.3 is 31.6 Å². The minimum Gasteiger partial charge on any atom is -0.402 e. The number of nitrogens with two attached hydrogens (primary N) is 2. The fourth-order valence-corrected chi connectivity index (χ4v) is 8.36. The highest BCUT2D eigenvalue weighted by molar-refractivity contribution is 7.14. The molecule has 226 valence electrons. The third kappa shape index (κ3) is 5.86. The summed E-state index contributed by atoms with van der Waals surface area (Å²) in [5.74, 6) is 1.71. The molecule has 1 saturated carbocycles. The summed E-state index contributed by atoms with van der Waals surface area (Å²) in [6, 6.07) is 7.63. The number of rotatable bonds is 7. The van der Waals surface area contributed by atoms with E-state index in [0.29, 0.717) is 51.1 Å². The Balaban J connectivity index is 1.23. The Kier molecular flexibility index (Phi) is 8.15. The number of benzene rings is 1. The van der Waals surface area contributed by atoms with E-state index in [-0.39, 0.29) is 11.5 Å². The summed E-state index contributed by atoms with van der Waals surface area (Å²) in [5, 5.41) is 6.54. The molecule has 1 aromatic carbocycles. The number of hydrogen-bond acceptors (Lipinski definition) is 7. The van der Waals surface area contributed by atoms with E-state index in [1.54, 1.807) is 36.7 Å². The van der Waals surface area contributed by atoms with Crippen LogP contribution in [0, 0.1) is 12.8 Å². The molecule has 2 aromatic heterocycles. The molecule has 6 rings (SSSR count). The second-order valence-corrected chi connectivity index (χ2v) is 13.7. The van der Waals surface area contributed by atoms with Crippen molar-refractivity contribution in [3.8, 4) is 11.1 Å². The van der Waals surface area contributed by atoms with Crippen molar-refractivity contribution >= 4 is 40.2 Å². The van der Waals surface area contributed by atoms with Crippen LogP contribution in [0.2, 0.25) is 5.02 Å². The summed E-state index contributed by atoms with van der Waals surface area (Å²) >= 11 is 8.57. The molecule has 1 aliphatic heterocycles. The molecule has 43 heavy (non-hydrogen) atoms. The van der Waals surface area contributed by atoms with E-state index in [0.717, 1.165) is 42.1 Å². The number of anilines is 2. The van der Waals surface area contributed by atoms with Crippen molar-refractivity contribution in [2.75, 3.05) is 30.8 Å². The monoisotopic (exact) mass is 618 g/mol. The topological polar surface area (TPSA) is 118 Å². The minimum atomic E-state index is -0.233. The average molecular weight is 619 g/mol. The van der Waals surface area contributed by atoms with Crippen molar-refractivity contribution < 1.29 is 4.79 Å². The number of nitrogens with one attached hydrogen (secondary N) is 2. The van der Waals surface area contributed by atoms with Crippen LogP contribution >= 0.6 is 22.9 Å². The second-order valence-electron chi connectivity index (χ2n) is 12.3. The third-order valence-corrected chi connectivity index (χ3v) is 11.0. The van der Waals surface area contributed by atoms with Gasteiger partial charge in [0.15, 0.2) is 0 Å². The number of amides is 1. The zero-order valence-electron chi connectivity index (χ0n) is 24.9. The predicted molar refractivity (Wildman–Crippen MR) is 177 cm³/mol. The molecular weight excluding hydrogens is 580 g/mol. The van der Waals surface area contributed by atoms with E-state index in [1.165, 1.54) is 34.3 Å². The number of thiophene rings is 1. The summed E-state index contributed by atoms with van der Waals surface area (Å²) in [5.41, 5.74) is 17.7. The number of likely N-dealkylation sites (tertiary alicyclic amines) is 1. The van der Waals surface area contributed by atoms with Crippen LogP contribution in [0.25, 0.3) is 11.1 Å². The van der Waals surface area contributed by atoms with Crippen molar-refractivity contribution in [1.82, 2.24) is 9.47 Å². The number of allylic oxidation sites excluding steroid dienone is 3. The third-order valence-electron chi connectivity index (χ3n) is 9.27. The SMILES string of the molecule is Cc1ccc(-c2cc(N/C(N)=C/C=C(\N)C3CCN(C)CC3)c(=O)n(C)c2)c(Cl)c1NC(=O)c1cc2c(s1)C1CCC2C1. The van der Waals surface area contributed by atoms with E-state index in [9.17, 15) is 9.59 Å². The maximum atomic E-state index is 13.4. The lowest BCUT2D eigenvalue weighted by Gasteiger charge is -2.29. The number of fused-ring (bicyclic) bond motifs is 5. The van der Waals surface area contributed by atoms with Gasteiger partial charge in [0, 0.05) is 40.9 Å². The Morgan fingerprint density at radius 3 is 2.53 bits per heavy atom. The molecule has 2 fully saturated rings. The fraction of sp³-hybridized carbons (Fsp3) is 0.394. The Labute approximate surface area is 261 Å². The van der Waals surface area contributed by atoms with Gasteiger partial charge in [0.2, 0.25) is 0 Å². The highest BCUT2D eigenvalue weighted by Gasteiger charge is 2.39. The van der Waals surface area contributed by atoms with Crippen LogP contribution in [0.15, 0.2) is 58.9 Å². The van der Waals surface area contributed by atoms with Crippen molar-refractivity contribution in [1.29, 1.82) is 0 Å². The molecule has 2 atom stereocenters. The molecule has 2 bridgehead atoms. The number of carbonyl (C=O) groups is 1. The summed E-state index contributed by atoms with van der Waals surface area (Å²) in [6.45, 7) is 3.95. The lowest BCUT2D eigenvalue weighted by molar-refractivity contribution is 0.103. The van der Waals surface area contributed by atoms with Crippen LogP contribution in [0.1, 0.15) is 69.6 Å². The van der Waals surface area contributed by atoms with Crippen LogP contribution in [0.4, 0.5) is 11.4 Å². The van der Waals surface area contributed by atoms with Gasteiger partial charge in [-0.25, -0.2) is 0 Å². The Hall–Kier alpha value is -3.53. The van der Waals surface area contributed by atoms with Crippen molar-refractivity contribution in [3.63, 3.8) is 0 Å². The predicted octanol–water partition coefficient (Wildman–Crippen LogP) is 6.09. The number of pyridine rings is 1. The second kappa shape index (κ2) is 11.9. The number of nitrogens with zero attached hydrogens (tertiary/aromatic N) is 2. The van der Waals surface area contributed by atoms with Gasteiger partial charge >= 0.3 is 0 Å². The first-order valence-corrected chi connectivity index (χ1v) is 16.1. The van der Waals surface area contributed by atoms with Gasteiger partial charge in [-0.1, -0.05) is 23.7 Å². The molecular formula is C33H39ClN6O2S. The average Bonchev–Trinajstić information content (AvgIpc) is 3.71. The molecule has 3 aliphatic rings. The standard InChI is InChI=1S/C33H39ClN6O2S/c1-18-4-7-23(29(34)30(18)38-32(41)27-16-24-20-5-6-21(14-20)31(24)43-27)22-15-26(33(42)40(3)17-22)37-28(36)9-8-25(35)19-10-12-39(2)13-11-19/h4,7-9,15-17,19-21,37H,5-6,10-14,35-36H2,1-3H3,(H,38,41)/b25-8-,28-9+. The first-order valence-electron chi connectivity index (χ1n) is 14.9. The molecule has 1 saturated heterocycles. The fourth-order valence-electron chi connectivity index (χ4n) is 6.71. The normalized spacial score (nSPS) is 20.8. The van der Waals surface area contributed by atoms with Gasteiger partial charge in [0.1, 0.15) is 11.5 Å². The van der Waals surface area contributed by atoms with Crippen molar-refractivity contribution in [3.05, 3.63) is 90.4 Å². The highest BCUT2D eigenvalue weighted by Crippen LogP contribution is 2.56. The first kappa shape index (κ1) is 29.5. The van der Waals surface area contributed by atoms with Crippen LogP contribution in [-0.2, 0) is 7.05 Å². The molecule has 6 N–H and O–H groups in total. The van der Waals surface area contributed by atoms with Gasteiger partial charge in [-0.2, -0.15) is 0 Å². The number of aromatic nitrogens is 1.